The minimum atomic E-state index is -3.74. The topological polar surface area (TPSA) is 74.7 Å². The minimum Gasteiger partial charge on any atom is -0.481 e. The normalized spacial score (nSPS) is 11.5. The number of rotatable bonds is 7. The molecule has 1 N–H and O–H groups in total. The Morgan fingerprint density at radius 2 is 1.95 bits per heavy atom. The van der Waals surface area contributed by atoms with Gasteiger partial charge in [-0.25, -0.2) is 8.42 Å². The summed E-state index contributed by atoms with van der Waals surface area (Å²) >= 11 is 5.70. The molecule has 0 aliphatic rings. The van der Waals surface area contributed by atoms with Crippen molar-refractivity contribution in [1.29, 1.82) is 0 Å². The molecule has 5 nitrogen and oxygen atoms in total. The summed E-state index contributed by atoms with van der Waals surface area (Å²) in [5.74, 6) is -1.06. The van der Waals surface area contributed by atoms with Crippen LogP contribution in [0.5, 0.6) is 0 Å². The average Bonchev–Trinajstić information content (AvgIpc) is 2.34. The van der Waals surface area contributed by atoms with Gasteiger partial charge < -0.3 is 5.11 Å². The van der Waals surface area contributed by atoms with Gasteiger partial charge in [0.2, 0.25) is 10.0 Å². The maximum Gasteiger partial charge on any atom is 0.304 e. The van der Waals surface area contributed by atoms with E-state index in [1.165, 1.54) is 30.3 Å². The number of carboxylic acid groups (broad SMARTS) is 1. The van der Waals surface area contributed by atoms with E-state index < -0.39 is 16.0 Å². The molecule has 1 aromatic rings. The fraction of sp³-hybridized carbons (Fsp3) is 0.250. The number of hydrogen-bond acceptors (Lipinski definition) is 3. The Kier molecular flexibility index (Phi) is 5.53. The van der Waals surface area contributed by atoms with Crippen LogP contribution in [0.4, 0.5) is 0 Å². The van der Waals surface area contributed by atoms with E-state index in [1.807, 2.05) is 0 Å². The van der Waals surface area contributed by atoms with E-state index in [1.54, 1.807) is 0 Å². The van der Waals surface area contributed by atoms with Crippen LogP contribution < -0.4 is 0 Å². The molecule has 0 aliphatic heterocycles. The zero-order chi connectivity index (χ0) is 14.5. The summed E-state index contributed by atoms with van der Waals surface area (Å²) in [5, 5.41) is 9.07. The second kappa shape index (κ2) is 6.70. The summed E-state index contributed by atoms with van der Waals surface area (Å²) in [6.07, 6.45) is 1.15. The number of carboxylic acids is 1. The quantitative estimate of drug-likeness (QED) is 0.782. The van der Waals surface area contributed by atoms with Gasteiger partial charge in [0.1, 0.15) is 0 Å². The Labute approximate surface area is 117 Å². The molecule has 0 amide bonds. The number of benzene rings is 1. The summed E-state index contributed by atoms with van der Waals surface area (Å²) in [4.78, 5) is 10.6. The van der Waals surface area contributed by atoms with Gasteiger partial charge in [0.15, 0.2) is 0 Å². The highest BCUT2D eigenvalue weighted by atomic mass is 35.5. The molecule has 0 atom stereocenters. The molecule has 19 heavy (non-hydrogen) atoms. The Hall–Kier alpha value is -1.37. The molecule has 0 unspecified atom stereocenters. The van der Waals surface area contributed by atoms with E-state index in [2.05, 4.69) is 6.58 Å². The zero-order valence-electron chi connectivity index (χ0n) is 10.1. The molecule has 0 spiro atoms. The van der Waals surface area contributed by atoms with Gasteiger partial charge in [-0.15, -0.1) is 6.58 Å². The lowest BCUT2D eigenvalue weighted by molar-refractivity contribution is -0.137. The van der Waals surface area contributed by atoms with E-state index in [0.717, 1.165) is 4.31 Å². The Balaban J connectivity index is 3.01. The number of halogens is 1. The van der Waals surface area contributed by atoms with Crippen LogP contribution in [0.15, 0.2) is 41.8 Å². The van der Waals surface area contributed by atoms with Crippen molar-refractivity contribution in [2.24, 2.45) is 0 Å². The van der Waals surface area contributed by atoms with Crippen molar-refractivity contribution in [3.05, 3.63) is 41.9 Å². The molecule has 0 fully saturated rings. The maximum atomic E-state index is 12.3. The molecule has 0 aliphatic carbocycles. The fourth-order valence-corrected chi connectivity index (χ4v) is 2.97. The minimum absolute atomic E-state index is 0.0538. The summed E-state index contributed by atoms with van der Waals surface area (Å²) < 4.78 is 25.6. The molecule has 0 radical (unpaired) electrons. The van der Waals surface area contributed by atoms with Crippen molar-refractivity contribution < 1.29 is 18.3 Å². The highest BCUT2D eigenvalue weighted by Gasteiger charge is 2.23. The lowest BCUT2D eigenvalue weighted by Gasteiger charge is -2.19. The number of sulfonamides is 1. The first kappa shape index (κ1) is 15.7. The van der Waals surface area contributed by atoms with Crippen LogP contribution in [-0.4, -0.2) is 36.9 Å². The number of aliphatic carboxylic acids is 1. The molecule has 1 rings (SSSR count). The Bertz CT molecular complexity index is 554. The lowest BCUT2D eigenvalue weighted by Crippen LogP contribution is -2.33. The van der Waals surface area contributed by atoms with E-state index in [4.69, 9.17) is 16.7 Å². The third-order valence-electron chi connectivity index (χ3n) is 2.36. The molecule has 0 bridgehead atoms. The van der Waals surface area contributed by atoms with Crippen LogP contribution in [0.1, 0.15) is 6.42 Å². The maximum absolute atomic E-state index is 12.3. The van der Waals surface area contributed by atoms with Gasteiger partial charge in [0.05, 0.1) is 11.3 Å². The molecule has 7 heteroatoms. The molecular weight excluding hydrogens is 290 g/mol. The molecular formula is C12H14ClNO4S. The highest BCUT2D eigenvalue weighted by Crippen LogP contribution is 2.18. The molecule has 0 saturated heterocycles. The Morgan fingerprint density at radius 3 is 2.42 bits per heavy atom. The predicted molar refractivity (Wildman–Crippen MR) is 72.7 cm³/mol. The molecule has 0 heterocycles. The highest BCUT2D eigenvalue weighted by molar-refractivity contribution is 7.89. The van der Waals surface area contributed by atoms with E-state index >= 15 is 0 Å². The molecule has 1 aromatic carbocycles. The molecule has 0 saturated carbocycles. The van der Waals surface area contributed by atoms with Crippen molar-refractivity contribution in [1.82, 2.24) is 4.31 Å². The van der Waals surface area contributed by atoms with Crippen molar-refractivity contribution in [2.75, 3.05) is 13.1 Å². The number of carbonyl (C=O) groups is 1. The smallest absolute Gasteiger partial charge is 0.304 e. The summed E-state index contributed by atoms with van der Waals surface area (Å²) in [7, 11) is -3.74. The van der Waals surface area contributed by atoms with Gasteiger partial charge in [0, 0.05) is 18.1 Å². The monoisotopic (exact) mass is 303 g/mol. The van der Waals surface area contributed by atoms with Crippen LogP contribution in [-0.2, 0) is 14.8 Å². The van der Waals surface area contributed by atoms with Crippen LogP contribution >= 0.6 is 11.6 Å². The van der Waals surface area contributed by atoms with Crippen LogP contribution in [0.25, 0.3) is 0 Å². The molecule has 104 valence electrons. The van der Waals surface area contributed by atoms with Crippen molar-refractivity contribution in [3.8, 4) is 0 Å². The number of hydrogen-bond donors (Lipinski definition) is 1. The van der Waals surface area contributed by atoms with Crippen molar-refractivity contribution >= 4 is 27.6 Å². The van der Waals surface area contributed by atoms with Crippen molar-refractivity contribution in [3.63, 3.8) is 0 Å². The third-order valence-corrected chi connectivity index (χ3v) is 4.49. The largest absolute Gasteiger partial charge is 0.481 e. The summed E-state index contributed by atoms with van der Waals surface area (Å²) in [5.41, 5.74) is 0. The second-order valence-corrected chi connectivity index (χ2v) is 6.12. The second-order valence-electron chi connectivity index (χ2n) is 3.75. The zero-order valence-corrected chi connectivity index (χ0v) is 11.7. The lowest BCUT2D eigenvalue weighted by atomic mass is 10.4. The van der Waals surface area contributed by atoms with Gasteiger partial charge in [-0.1, -0.05) is 17.7 Å². The standard InChI is InChI=1S/C12H14ClNO4S/c1-2-8-14(9-7-12(15)16)19(17,18)11-5-3-10(13)4-6-11/h2-6H,1,7-9H2,(H,15,16). The predicted octanol–water partition coefficient (Wildman–Crippen LogP) is 1.99. The van der Waals surface area contributed by atoms with Crippen LogP contribution in [0.3, 0.4) is 0 Å². The summed E-state index contributed by atoms with van der Waals surface area (Å²) in [6.45, 7) is 3.42. The van der Waals surface area contributed by atoms with Crippen LogP contribution in [0, 0.1) is 0 Å². The fourth-order valence-electron chi connectivity index (χ4n) is 1.43. The van der Waals surface area contributed by atoms with E-state index in [-0.39, 0.29) is 24.4 Å². The van der Waals surface area contributed by atoms with Crippen molar-refractivity contribution in [2.45, 2.75) is 11.3 Å². The van der Waals surface area contributed by atoms with Gasteiger partial charge in [-0.3, -0.25) is 4.79 Å². The first-order chi connectivity index (χ1) is 8.87. The molecule has 0 aromatic heterocycles. The van der Waals surface area contributed by atoms with E-state index in [9.17, 15) is 13.2 Å². The van der Waals surface area contributed by atoms with Crippen LogP contribution in [0.2, 0.25) is 5.02 Å². The number of nitrogens with zero attached hydrogens (tertiary/aromatic N) is 1. The van der Waals surface area contributed by atoms with Gasteiger partial charge >= 0.3 is 5.97 Å². The first-order valence-corrected chi connectivity index (χ1v) is 7.28. The van der Waals surface area contributed by atoms with E-state index in [0.29, 0.717) is 5.02 Å². The van der Waals surface area contributed by atoms with Gasteiger partial charge in [0.25, 0.3) is 0 Å². The van der Waals surface area contributed by atoms with Gasteiger partial charge in [-0.05, 0) is 24.3 Å². The average molecular weight is 304 g/mol. The SMILES string of the molecule is C=CCN(CCC(=O)O)S(=O)(=O)c1ccc(Cl)cc1. The summed E-state index contributed by atoms with van der Waals surface area (Å²) in [6, 6.07) is 5.71. The third kappa shape index (κ3) is 4.34. The first-order valence-electron chi connectivity index (χ1n) is 5.46. The Morgan fingerprint density at radius 1 is 1.37 bits per heavy atom. The van der Waals surface area contributed by atoms with Gasteiger partial charge in [-0.2, -0.15) is 4.31 Å².